The van der Waals surface area contributed by atoms with Gasteiger partial charge >= 0.3 is 0 Å². The third kappa shape index (κ3) is 5.00. The van der Waals surface area contributed by atoms with Gasteiger partial charge in [-0.3, -0.25) is 14.8 Å². The molecule has 1 amide bonds. The van der Waals surface area contributed by atoms with Gasteiger partial charge in [-0.2, -0.15) is 0 Å². The summed E-state index contributed by atoms with van der Waals surface area (Å²) in [4.78, 5) is 21.6. The van der Waals surface area contributed by atoms with E-state index in [2.05, 4.69) is 15.6 Å². The van der Waals surface area contributed by atoms with Crippen molar-refractivity contribution < 1.29 is 14.3 Å². The molecule has 5 rings (SSSR count). The zero-order chi connectivity index (χ0) is 24.9. The third-order valence-electron chi connectivity index (χ3n) is 6.29. The Kier molecular flexibility index (Phi) is 6.80. The Balaban J connectivity index is 1.50. The lowest BCUT2D eigenvalue weighted by Crippen LogP contribution is -2.11. The number of rotatable bonds is 7. The summed E-state index contributed by atoms with van der Waals surface area (Å²) >= 11 is 0. The number of carbonyl (C=O) groups excluding carboxylic acids is 1. The smallest absolute Gasteiger partial charge is 0.248 e. The number of nitrogens with one attached hydrogen (secondary N) is 2. The Labute approximate surface area is 210 Å². The molecule has 182 valence electrons. The Morgan fingerprint density at radius 3 is 2.61 bits per heavy atom. The van der Waals surface area contributed by atoms with Gasteiger partial charge in [0, 0.05) is 47.0 Å². The zero-order valence-electron chi connectivity index (χ0n) is 20.4. The van der Waals surface area contributed by atoms with Crippen molar-refractivity contribution in [1.29, 1.82) is 0 Å². The number of nitrogens with zero attached hydrogens (tertiary/aromatic N) is 2. The minimum Gasteiger partial charge on any atom is -0.493 e. The summed E-state index contributed by atoms with van der Waals surface area (Å²) in [7, 11) is 3.25. The Morgan fingerprint density at radius 1 is 0.972 bits per heavy atom. The number of ether oxygens (including phenoxy) is 2. The van der Waals surface area contributed by atoms with E-state index < -0.39 is 0 Å². The number of hydrogen-bond donors (Lipinski definition) is 2. The molecule has 0 saturated heterocycles. The summed E-state index contributed by atoms with van der Waals surface area (Å²) in [5, 5.41) is 7.55. The van der Waals surface area contributed by atoms with Gasteiger partial charge in [-0.25, -0.2) is 0 Å². The highest BCUT2D eigenvalue weighted by Gasteiger charge is 2.19. The summed E-state index contributed by atoms with van der Waals surface area (Å²) in [5.41, 5.74) is 6.73. The maximum atomic E-state index is 12.6. The number of amides is 1. The minimum atomic E-state index is -0.210. The van der Waals surface area contributed by atoms with Crippen LogP contribution < -0.4 is 20.1 Å². The number of hydrogen-bond acceptors (Lipinski definition) is 6. The minimum absolute atomic E-state index is 0.210. The largest absolute Gasteiger partial charge is 0.493 e. The summed E-state index contributed by atoms with van der Waals surface area (Å²) in [6.07, 6.45) is 10.8. The van der Waals surface area contributed by atoms with Crippen LogP contribution in [0.5, 0.6) is 11.5 Å². The van der Waals surface area contributed by atoms with E-state index in [0.29, 0.717) is 17.2 Å². The maximum Gasteiger partial charge on any atom is 0.248 e. The van der Waals surface area contributed by atoms with Gasteiger partial charge in [-0.15, -0.1) is 0 Å². The van der Waals surface area contributed by atoms with E-state index in [9.17, 15) is 4.79 Å². The third-order valence-corrected chi connectivity index (χ3v) is 6.29. The predicted octanol–water partition coefficient (Wildman–Crippen LogP) is 5.92. The van der Waals surface area contributed by atoms with E-state index in [1.165, 1.54) is 11.6 Å². The molecule has 2 aromatic heterocycles. The van der Waals surface area contributed by atoms with E-state index in [4.69, 9.17) is 14.5 Å². The predicted molar refractivity (Wildman–Crippen MR) is 143 cm³/mol. The van der Waals surface area contributed by atoms with E-state index in [1.54, 1.807) is 32.7 Å². The lowest BCUT2D eigenvalue weighted by atomic mass is 9.92. The van der Waals surface area contributed by atoms with Crippen molar-refractivity contribution in [2.24, 2.45) is 0 Å². The van der Waals surface area contributed by atoms with E-state index in [0.717, 1.165) is 59.2 Å². The van der Waals surface area contributed by atoms with E-state index in [-0.39, 0.29) is 5.91 Å². The van der Waals surface area contributed by atoms with Crippen LogP contribution in [0.2, 0.25) is 0 Å². The van der Waals surface area contributed by atoms with Crippen LogP contribution >= 0.6 is 0 Å². The van der Waals surface area contributed by atoms with Gasteiger partial charge in [0.1, 0.15) is 0 Å². The molecule has 0 saturated carbocycles. The first-order chi connectivity index (χ1) is 17.6. The average molecular weight is 481 g/mol. The Bertz CT molecular complexity index is 1430. The van der Waals surface area contributed by atoms with Crippen LogP contribution in [-0.2, 0) is 17.6 Å². The van der Waals surface area contributed by atoms with Crippen molar-refractivity contribution in [3.63, 3.8) is 0 Å². The number of pyridine rings is 2. The fourth-order valence-electron chi connectivity index (χ4n) is 4.53. The molecule has 0 aliphatic heterocycles. The van der Waals surface area contributed by atoms with Gasteiger partial charge in [-0.1, -0.05) is 6.07 Å². The summed E-state index contributed by atoms with van der Waals surface area (Å²) in [6, 6.07) is 15.3. The van der Waals surface area contributed by atoms with Gasteiger partial charge < -0.3 is 20.1 Å². The van der Waals surface area contributed by atoms with Crippen LogP contribution in [0.15, 0.2) is 67.0 Å². The number of aryl methyl sites for hydroxylation is 1. The second-order valence-electron chi connectivity index (χ2n) is 8.65. The van der Waals surface area contributed by atoms with Crippen molar-refractivity contribution in [1.82, 2.24) is 9.97 Å². The molecule has 0 unspecified atom stereocenters. The topological polar surface area (TPSA) is 85.4 Å². The monoisotopic (exact) mass is 480 g/mol. The first-order valence-electron chi connectivity index (χ1n) is 12.0. The summed E-state index contributed by atoms with van der Waals surface area (Å²) in [5.74, 6) is 1.12. The molecule has 1 aliphatic carbocycles. The molecule has 0 spiro atoms. The molecule has 1 aliphatic rings. The Morgan fingerprint density at radius 2 is 1.81 bits per heavy atom. The SMILES string of the molecule is COc1ccc(Nc2c3c(nc4ccc(NC(=O)C=Cc5cccnc5)cc24)CCCC3)cc1OC. The molecule has 7 heteroatoms. The molecule has 0 atom stereocenters. The molecule has 2 N–H and O–H groups in total. The number of benzene rings is 2. The molecule has 2 heterocycles. The highest BCUT2D eigenvalue weighted by Crippen LogP contribution is 2.38. The van der Waals surface area contributed by atoms with Gasteiger partial charge in [0.2, 0.25) is 5.91 Å². The Hall–Kier alpha value is -4.39. The van der Waals surface area contributed by atoms with Crippen molar-refractivity contribution in [2.75, 3.05) is 24.9 Å². The van der Waals surface area contributed by atoms with Crippen molar-refractivity contribution in [2.45, 2.75) is 25.7 Å². The number of carbonyl (C=O) groups is 1. The lowest BCUT2D eigenvalue weighted by Gasteiger charge is -2.22. The van der Waals surface area contributed by atoms with Crippen molar-refractivity contribution in [3.05, 3.63) is 83.8 Å². The average Bonchev–Trinajstić information content (AvgIpc) is 2.92. The zero-order valence-corrected chi connectivity index (χ0v) is 20.4. The second-order valence-corrected chi connectivity index (χ2v) is 8.65. The molecule has 36 heavy (non-hydrogen) atoms. The molecule has 0 radical (unpaired) electrons. The molecule has 2 aromatic carbocycles. The first-order valence-corrected chi connectivity index (χ1v) is 12.0. The van der Waals surface area contributed by atoms with E-state index in [1.807, 2.05) is 48.5 Å². The fraction of sp³-hybridized carbons (Fsp3) is 0.207. The van der Waals surface area contributed by atoms with Gasteiger partial charge in [0.25, 0.3) is 0 Å². The number of fused-ring (bicyclic) bond motifs is 2. The quantitative estimate of drug-likeness (QED) is 0.319. The number of aromatic nitrogens is 2. The molecule has 0 bridgehead atoms. The van der Waals surface area contributed by atoms with Crippen LogP contribution in [0.3, 0.4) is 0 Å². The maximum absolute atomic E-state index is 12.6. The van der Waals surface area contributed by atoms with Crippen molar-refractivity contribution in [3.8, 4) is 11.5 Å². The molecule has 0 fully saturated rings. The first kappa shape index (κ1) is 23.4. The highest BCUT2D eigenvalue weighted by atomic mass is 16.5. The summed E-state index contributed by atoms with van der Waals surface area (Å²) < 4.78 is 10.9. The molecule has 7 nitrogen and oxygen atoms in total. The number of methoxy groups -OCH3 is 2. The van der Waals surface area contributed by atoms with Crippen LogP contribution in [0.4, 0.5) is 17.1 Å². The second kappa shape index (κ2) is 10.5. The highest BCUT2D eigenvalue weighted by molar-refractivity contribution is 6.04. The number of anilines is 3. The molecule has 4 aromatic rings. The standard InChI is InChI=1S/C29H28N4O3/c1-35-26-13-11-21(17-27(26)36-2)32-29-22-7-3-4-8-24(22)33-25-12-10-20(16-23(25)29)31-28(34)14-9-19-6-5-15-30-18-19/h5-6,9-18H,3-4,7-8H2,1-2H3,(H,31,34)(H,32,33). The van der Waals surface area contributed by atoms with Crippen LogP contribution in [0.1, 0.15) is 29.7 Å². The van der Waals surface area contributed by atoms with Crippen LogP contribution in [0, 0.1) is 0 Å². The van der Waals surface area contributed by atoms with Crippen LogP contribution in [0.25, 0.3) is 17.0 Å². The molecular formula is C29H28N4O3. The summed E-state index contributed by atoms with van der Waals surface area (Å²) in [6.45, 7) is 0. The van der Waals surface area contributed by atoms with Crippen molar-refractivity contribution >= 4 is 39.9 Å². The normalized spacial score (nSPS) is 12.8. The lowest BCUT2D eigenvalue weighted by molar-refractivity contribution is -0.111. The van der Waals surface area contributed by atoms with E-state index >= 15 is 0 Å². The van der Waals surface area contributed by atoms with Crippen LogP contribution in [-0.4, -0.2) is 30.1 Å². The van der Waals surface area contributed by atoms with Gasteiger partial charge in [0.05, 0.1) is 25.4 Å². The fourth-order valence-corrected chi connectivity index (χ4v) is 4.53. The van der Waals surface area contributed by atoms with Gasteiger partial charge in [-0.05, 0) is 79.3 Å². The van der Waals surface area contributed by atoms with Gasteiger partial charge in [0.15, 0.2) is 11.5 Å². The molecular weight excluding hydrogens is 452 g/mol.